The van der Waals surface area contributed by atoms with Crippen molar-refractivity contribution in [2.45, 2.75) is 17.7 Å². The van der Waals surface area contributed by atoms with Crippen molar-refractivity contribution < 1.29 is 9.47 Å². The first-order valence-corrected chi connectivity index (χ1v) is 7.63. The lowest BCUT2D eigenvalue weighted by Gasteiger charge is -2.19. The number of ether oxygens (including phenoxy) is 2. The van der Waals surface area contributed by atoms with Crippen molar-refractivity contribution in [3.8, 4) is 5.75 Å². The molecule has 1 aromatic carbocycles. The monoisotopic (exact) mass is 360 g/mol. The summed E-state index contributed by atoms with van der Waals surface area (Å²) in [6.07, 6.45) is 2.14. The van der Waals surface area contributed by atoms with Gasteiger partial charge in [-0.1, -0.05) is 31.9 Å². The second kappa shape index (κ2) is 4.90. The molecule has 3 rings (SSSR count). The van der Waals surface area contributed by atoms with E-state index in [0.717, 1.165) is 42.9 Å². The van der Waals surface area contributed by atoms with Gasteiger partial charge in [-0.3, -0.25) is 0 Å². The maximum absolute atomic E-state index is 5.77. The molecule has 1 aromatic rings. The van der Waals surface area contributed by atoms with Crippen LogP contribution in [0, 0.1) is 5.92 Å². The highest BCUT2D eigenvalue weighted by molar-refractivity contribution is 9.10. The molecule has 0 spiro atoms. The van der Waals surface area contributed by atoms with Crippen LogP contribution in [0.25, 0.3) is 0 Å². The molecule has 0 N–H and O–H groups in total. The van der Waals surface area contributed by atoms with Gasteiger partial charge in [0, 0.05) is 33.8 Å². The van der Waals surface area contributed by atoms with E-state index in [1.165, 1.54) is 11.1 Å². The molecule has 0 saturated carbocycles. The third-order valence-corrected chi connectivity index (χ3v) is 5.15. The van der Waals surface area contributed by atoms with Crippen molar-refractivity contribution in [1.82, 2.24) is 0 Å². The fraction of sp³-hybridized carbons (Fsp3) is 0.538. The zero-order valence-electron chi connectivity index (χ0n) is 9.42. The molecule has 0 bridgehead atoms. The molecule has 2 atom stereocenters. The molecule has 2 nitrogen and oxygen atoms in total. The van der Waals surface area contributed by atoms with Gasteiger partial charge in [-0.15, -0.1) is 0 Å². The lowest BCUT2D eigenvalue weighted by atomic mass is 9.96. The number of halogens is 2. The van der Waals surface area contributed by atoms with Gasteiger partial charge in [-0.2, -0.15) is 0 Å². The van der Waals surface area contributed by atoms with Crippen LogP contribution in [0.1, 0.15) is 22.4 Å². The van der Waals surface area contributed by atoms with Crippen LogP contribution < -0.4 is 4.74 Å². The van der Waals surface area contributed by atoms with Crippen LogP contribution in [0.4, 0.5) is 0 Å². The smallest absolute Gasteiger partial charge is 0.127 e. The highest BCUT2D eigenvalue weighted by Gasteiger charge is 2.29. The number of rotatable bonds is 2. The van der Waals surface area contributed by atoms with Gasteiger partial charge in [-0.05, 0) is 24.1 Å². The molecule has 0 aromatic heterocycles. The summed E-state index contributed by atoms with van der Waals surface area (Å²) in [5.74, 6) is 1.64. The number of fused-ring (bicyclic) bond motifs is 1. The average Bonchev–Trinajstić information content (AvgIpc) is 2.97. The fourth-order valence-electron chi connectivity index (χ4n) is 2.54. The molecule has 4 heteroatoms. The van der Waals surface area contributed by atoms with Gasteiger partial charge in [0.1, 0.15) is 5.75 Å². The molecule has 92 valence electrons. The van der Waals surface area contributed by atoms with E-state index < -0.39 is 0 Å². The molecular formula is C13H14Br2O2. The summed E-state index contributed by atoms with van der Waals surface area (Å²) in [6, 6.07) is 4.33. The summed E-state index contributed by atoms with van der Waals surface area (Å²) < 4.78 is 12.4. The Balaban J connectivity index is 1.96. The van der Waals surface area contributed by atoms with Crippen molar-refractivity contribution in [2.24, 2.45) is 5.92 Å². The van der Waals surface area contributed by atoms with E-state index in [9.17, 15) is 0 Å². The third-order valence-electron chi connectivity index (χ3n) is 3.45. The minimum Gasteiger partial charge on any atom is -0.493 e. The van der Waals surface area contributed by atoms with E-state index in [0.29, 0.717) is 10.7 Å². The Kier molecular flexibility index (Phi) is 3.46. The van der Waals surface area contributed by atoms with E-state index in [2.05, 4.69) is 44.0 Å². The molecule has 0 radical (unpaired) electrons. The van der Waals surface area contributed by atoms with Crippen LogP contribution in [-0.2, 0) is 11.2 Å². The Labute approximate surface area is 118 Å². The van der Waals surface area contributed by atoms with E-state index in [-0.39, 0.29) is 0 Å². The van der Waals surface area contributed by atoms with Gasteiger partial charge in [0.05, 0.1) is 13.2 Å². The summed E-state index contributed by atoms with van der Waals surface area (Å²) in [7, 11) is 0. The molecule has 0 aliphatic carbocycles. The maximum atomic E-state index is 5.77. The Morgan fingerprint density at radius 3 is 2.94 bits per heavy atom. The number of hydrogen-bond acceptors (Lipinski definition) is 2. The first-order valence-electron chi connectivity index (χ1n) is 5.92. The van der Waals surface area contributed by atoms with Crippen LogP contribution in [0.5, 0.6) is 5.75 Å². The second-order valence-electron chi connectivity index (χ2n) is 4.61. The number of hydrogen-bond donors (Lipinski definition) is 0. The standard InChI is InChI=1S/C13H14Br2O2/c14-10-5-8-2-4-17-13(8)11(6-10)12(15)9-1-3-16-7-9/h5-6,9,12H,1-4,7H2. The topological polar surface area (TPSA) is 18.5 Å². The highest BCUT2D eigenvalue weighted by Crippen LogP contribution is 2.44. The van der Waals surface area contributed by atoms with Crippen LogP contribution >= 0.6 is 31.9 Å². The molecule has 1 fully saturated rings. The van der Waals surface area contributed by atoms with Crippen molar-refractivity contribution in [2.75, 3.05) is 19.8 Å². The van der Waals surface area contributed by atoms with Crippen molar-refractivity contribution in [3.63, 3.8) is 0 Å². The summed E-state index contributed by atoms with van der Waals surface area (Å²) in [6.45, 7) is 2.53. The molecule has 2 aliphatic heterocycles. The number of benzene rings is 1. The zero-order valence-corrected chi connectivity index (χ0v) is 12.6. The molecule has 1 saturated heterocycles. The zero-order chi connectivity index (χ0) is 11.8. The molecule has 2 heterocycles. The SMILES string of the molecule is Brc1cc2c(c(C(Br)C3CCOC3)c1)OCC2. The summed E-state index contributed by atoms with van der Waals surface area (Å²) in [5.41, 5.74) is 2.58. The largest absolute Gasteiger partial charge is 0.493 e. The van der Waals surface area contributed by atoms with Crippen LogP contribution in [0.15, 0.2) is 16.6 Å². The highest BCUT2D eigenvalue weighted by atomic mass is 79.9. The normalized spacial score (nSPS) is 24.5. The molecule has 2 aliphatic rings. The lowest BCUT2D eigenvalue weighted by molar-refractivity contribution is 0.185. The molecule has 2 unspecified atom stereocenters. The Bertz CT molecular complexity index is 428. The van der Waals surface area contributed by atoms with Crippen molar-refractivity contribution in [3.05, 3.63) is 27.7 Å². The third kappa shape index (κ3) is 2.27. The predicted octanol–water partition coefficient (Wildman–Crippen LogP) is 3.86. The quantitative estimate of drug-likeness (QED) is 0.745. The van der Waals surface area contributed by atoms with Crippen molar-refractivity contribution >= 4 is 31.9 Å². The Morgan fingerprint density at radius 1 is 1.29 bits per heavy atom. The maximum Gasteiger partial charge on any atom is 0.127 e. The minimum atomic E-state index is 0.328. The van der Waals surface area contributed by atoms with Gasteiger partial charge < -0.3 is 9.47 Å². The fourth-order valence-corrected chi connectivity index (χ4v) is 3.82. The first kappa shape index (κ1) is 12.0. The van der Waals surface area contributed by atoms with E-state index in [1.54, 1.807) is 0 Å². The van der Waals surface area contributed by atoms with E-state index in [1.807, 2.05) is 0 Å². The van der Waals surface area contributed by atoms with Gasteiger partial charge in [0.25, 0.3) is 0 Å². The molecular weight excluding hydrogens is 348 g/mol. The van der Waals surface area contributed by atoms with Gasteiger partial charge >= 0.3 is 0 Å². The lowest BCUT2D eigenvalue weighted by Crippen LogP contribution is -2.08. The van der Waals surface area contributed by atoms with Gasteiger partial charge in [0.2, 0.25) is 0 Å². The first-order chi connectivity index (χ1) is 8.25. The van der Waals surface area contributed by atoms with Crippen LogP contribution in [0.3, 0.4) is 0 Å². The van der Waals surface area contributed by atoms with Crippen molar-refractivity contribution in [1.29, 1.82) is 0 Å². The van der Waals surface area contributed by atoms with E-state index in [4.69, 9.17) is 9.47 Å². The Morgan fingerprint density at radius 2 is 2.18 bits per heavy atom. The molecule has 17 heavy (non-hydrogen) atoms. The van der Waals surface area contributed by atoms with Crippen LogP contribution in [0.2, 0.25) is 0 Å². The summed E-state index contributed by atoms with van der Waals surface area (Å²) >= 11 is 7.40. The summed E-state index contributed by atoms with van der Waals surface area (Å²) in [4.78, 5) is 0.328. The average molecular weight is 362 g/mol. The van der Waals surface area contributed by atoms with Gasteiger partial charge in [-0.25, -0.2) is 0 Å². The van der Waals surface area contributed by atoms with Gasteiger partial charge in [0.15, 0.2) is 0 Å². The summed E-state index contributed by atoms with van der Waals surface area (Å²) in [5, 5.41) is 0. The predicted molar refractivity (Wildman–Crippen MR) is 73.9 cm³/mol. The Hall–Kier alpha value is -0.0600. The van der Waals surface area contributed by atoms with Crippen LogP contribution in [-0.4, -0.2) is 19.8 Å². The second-order valence-corrected chi connectivity index (χ2v) is 6.51. The number of alkyl halides is 1. The minimum absolute atomic E-state index is 0.328. The molecule has 0 amide bonds. The van der Waals surface area contributed by atoms with E-state index >= 15 is 0 Å².